The maximum atomic E-state index is 12.5. The molecule has 1 saturated heterocycles. The monoisotopic (exact) mass is 355 g/mol. The quantitative estimate of drug-likeness (QED) is 0.689. The zero-order chi connectivity index (χ0) is 17.6. The number of methoxy groups -OCH3 is 1. The number of rotatable bonds is 7. The molecule has 0 radical (unpaired) electrons. The van der Waals surface area contributed by atoms with Crippen molar-refractivity contribution in [3.8, 4) is 0 Å². The van der Waals surface area contributed by atoms with Gasteiger partial charge in [-0.15, -0.1) is 0 Å². The summed E-state index contributed by atoms with van der Waals surface area (Å²) in [6, 6.07) is 6.60. The number of benzene rings is 1. The van der Waals surface area contributed by atoms with Crippen LogP contribution in [0, 0.1) is 0 Å². The van der Waals surface area contributed by atoms with Crippen molar-refractivity contribution < 1.29 is 17.9 Å². The summed E-state index contributed by atoms with van der Waals surface area (Å²) in [5.41, 5.74) is 0.269. The van der Waals surface area contributed by atoms with Crippen molar-refractivity contribution in [1.82, 2.24) is 5.32 Å². The van der Waals surface area contributed by atoms with E-state index in [1.807, 2.05) is 6.92 Å². The topological polar surface area (TPSA) is 96.5 Å². The summed E-state index contributed by atoms with van der Waals surface area (Å²) in [6.45, 7) is 3.28. The minimum absolute atomic E-state index is 0.0792. The lowest BCUT2D eigenvalue weighted by molar-refractivity contribution is -0.140. The Morgan fingerprint density at radius 2 is 1.79 bits per heavy atom. The summed E-state index contributed by atoms with van der Waals surface area (Å²) in [7, 11) is -1.76. The number of hydrogen-bond acceptors (Lipinski definition) is 5. The number of ether oxygens (including phenoxy) is 1. The van der Waals surface area contributed by atoms with E-state index in [2.05, 4.69) is 15.4 Å². The predicted octanol–water partition coefficient (Wildman–Crippen LogP) is 1.55. The molecule has 0 atom stereocenters. The van der Waals surface area contributed by atoms with E-state index in [0.717, 1.165) is 13.1 Å². The number of anilines is 2. The Kier molecular flexibility index (Phi) is 6.20. The van der Waals surface area contributed by atoms with Gasteiger partial charge in [0.2, 0.25) is 10.0 Å². The summed E-state index contributed by atoms with van der Waals surface area (Å²) >= 11 is 0. The Morgan fingerprint density at radius 3 is 2.33 bits per heavy atom. The number of carbonyl (C=O) groups is 1. The van der Waals surface area contributed by atoms with E-state index < -0.39 is 15.6 Å². The molecule has 134 valence electrons. The Balaban J connectivity index is 2.02. The molecule has 0 spiro atoms. The molecule has 7 nitrogen and oxygen atoms in total. The van der Waals surface area contributed by atoms with Crippen molar-refractivity contribution in [3.05, 3.63) is 24.3 Å². The van der Waals surface area contributed by atoms with Gasteiger partial charge in [-0.1, -0.05) is 6.92 Å². The fourth-order valence-electron chi connectivity index (χ4n) is 2.72. The Morgan fingerprint density at radius 1 is 1.21 bits per heavy atom. The van der Waals surface area contributed by atoms with Crippen LogP contribution < -0.4 is 15.4 Å². The molecule has 24 heavy (non-hydrogen) atoms. The zero-order valence-electron chi connectivity index (χ0n) is 14.1. The maximum Gasteiger partial charge on any atom is 0.256 e. The molecule has 1 amide bonds. The van der Waals surface area contributed by atoms with Crippen LogP contribution in [-0.2, 0) is 19.6 Å². The number of amides is 1. The molecule has 1 aromatic carbocycles. The van der Waals surface area contributed by atoms with Crippen LogP contribution >= 0.6 is 0 Å². The second-order valence-electron chi connectivity index (χ2n) is 5.90. The highest BCUT2D eigenvalue weighted by molar-refractivity contribution is 7.92. The van der Waals surface area contributed by atoms with Gasteiger partial charge in [0, 0.05) is 18.5 Å². The first kappa shape index (κ1) is 18.7. The summed E-state index contributed by atoms with van der Waals surface area (Å²) in [5.74, 6) is -0.0959. The lowest BCUT2D eigenvalue weighted by atomic mass is 9.91. The number of piperidine rings is 1. The molecule has 0 aromatic heterocycles. The van der Waals surface area contributed by atoms with Crippen LogP contribution in [0.3, 0.4) is 0 Å². The molecule has 0 saturated carbocycles. The Labute approximate surface area is 143 Å². The average Bonchev–Trinajstić information content (AvgIpc) is 2.56. The molecule has 2 rings (SSSR count). The number of sulfonamides is 1. The number of hydrogen-bond donors (Lipinski definition) is 3. The molecule has 8 heteroatoms. The normalized spacial score (nSPS) is 17.2. The second-order valence-corrected chi connectivity index (χ2v) is 7.74. The van der Waals surface area contributed by atoms with Crippen LogP contribution in [0.15, 0.2) is 24.3 Å². The lowest BCUT2D eigenvalue weighted by Gasteiger charge is -2.34. The summed E-state index contributed by atoms with van der Waals surface area (Å²) < 4.78 is 31.5. The molecule has 1 heterocycles. The van der Waals surface area contributed by atoms with Crippen LogP contribution in [0.4, 0.5) is 11.4 Å². The minimum atomic E-state index is -3.32. The summed E-state index contributed by atoms with van der Waals surface area (Å²) in [6.07, 6.45) is 1.78. The molecule has 0 bridgehead atoms. The highest BCUT2D eigenvalue weighted by atomic mass is 32.2. The van der Waals surface area contributed by atoms with Gasteiger partial charge >= 0.3 is 0 Å². The van der Waals surface area contributed by atoms with Gasteiger partial charge in [0.25, 0.3) is 5.91 Å². The zero-order valence-corrected chi connectivity index (χ0v) is 14.9. The Bertz CT molecular complexity index is 652. The third-order valence-electron chi connectivity index (χ3n) is 4.10. The van der Waals surface area contributed by atoms with Crippen molar-refractivity contribution in [2.75, 3.05) is 36.0 Å². The van der Waals surface area contributed by atoms with Crippen LogP contribution in [0.25, 0.3) is 0 Å². The van der Waals surface area contributed by atoms with Crippen LogP contribution in [0.1, 0.15) is 26.2 Å². The van der Waals surface area contributed by atoms with Crippen molar-refractivity contribution in [2.45, 2.75) is 31.8 Å². The minimum Gasteiger partial charge on any atom is -0.368 e. The van der Waals surface area contributed by atoms with E-state index in [1.165, 1.54) is 0 Å². The molecular weight excluding hydrogens is 330 g/mol. The van der Waals surface area contributed by atoms with E-state index in [-0.39, 0.29) is 11.7 Å². The van der Waals surface area contributed by atoms with Crippen LogP contribution in [-0.4, -0.2) is 45.9 Å². The van der Waals surface area contributed by atoms with Gasteiger partial charge in [-0.3, -0.25) is 9.52 Å². The average molecular weight is 355 g/mol. The van der Waals surface area contributed by atoms with E-state index in [9.17, 15) is 13.2 Å². The molecule has 3 N–H and O–H groups in total. The van der Waals surface area contributed by atoms with Crippen molar-refractivity contribution in [3.63, 3.8) is 0 Å². The van der Waals surface area contributed by atoms with Gasteiger partial charge in [-0.05, 0) is 56.6 Å². The smallest absolute Gasteiger partial charge is 0.256 e. The first-order valence-corrected chi connectivity index (χ1v) is 9.74. The van der Waals surface area contributed by atoms with Gasteiger partial charge in [-0.25, -0.2) is 8.42 Å². The molecule has 0 aliphatic carbocycles. The van der Waals surface area contributed by atoms with Crippen LogP contribution in [0.2, 0.25) is 0 Å². The standard InChI is InChI=1S/C16H25N3O4S/c1-3-12-24(21,22)19-14-6-4-13(5-7-14)18-15(20)16(23-2)8-10-17-11-9-16/h4-7,17,19H,3,8-12H2,1-2H3,(H,18,20). The maximum absolute atomic E-state index is 12.5. The molecule has 1 aliphatic rings. The number of nitrogens with one attached hydrogen (secondary N) is 3. The third kappa shape index (κ3) is 4.68. The molecule has 0 unspecified atom stereocenters. The second kappa shape index (κ2) is 7.96. The van der Waals surface area contributed by atoms with Gasteiger partial charge in [0.15, 0.2) is 0 Å². The SMILES string of the molecule is CCCS(=O)(=O)Nc1ccc(NC(=O)C2(OC)CCNCC2)cc1. The van der Waals surface area contributed by atoms with Gasteiger partial charge in [0.05, 0.1) is 5.75 Å². The highest BCUT2D eigenvalue weighted by Crippen LogP contribution is 2.25. The van der Waals surface area contributed by atoms with E-state index in [4.69, 9.17) is 4.74 Å². The fourth-order valence-corrected chi connectivity index (χ4v) is 3.86. The third-order valence-corrected chi connectivity index (χ3v) is 5.60. The number of carbonyl (C=O) groups excluding carboxylic acids is 1. The molecule has 1 aliphatic heterocycles. The molecular formula is C16H25N3O4S. The fraction of sp³-hybridized carbons (Fsp3) is 0.562. The van der Waals surface area contributed by atoms with Crippen molar-refractivity contribution in [1.29, 1.82) is 0 Å². The largest absolute Gasteiger partial charge is 0.368 e. The first-order valence-electron chi connectivity index (χ1n) is 8.09. The molecule has 1 fully saturated rings. The van der Waals surface area contributed by atoms with Gasteiger partial charge in [-0.2, -0.15) is 0 Å². The molecule has 1 aromatic rings. The summed E-state index contributed by atoms with van der Waals surface area (Å²) in [4.78, 5) is 12.5. The lowest BCUT2D eigenvalue weighted by Crippen LogP contribution is -2.51. The van der Waals surface area contributed by atoms with Crippen molar-refractivity contribution in [2.24, 2.45) is 0 Å². The van der Waals surface area contributed by atoms with Gasteiger partial charge < -0.3 is 15.4 Å². The predicted molar refractivity (Wildman–Crippen MR) is 94.6 cm³/mol. The van der Waals surface area contributed by atoms with E-state index >= 15 is 0 Å². The van der Waals surface area contributed by atoms with Crippen molar-refractivity contribution >= 4 is 27.3 Å². The van der Waals surface area contributed by atoms with E-state index in [1.54, 1.807) is 31.4 Å². The first-order chi connectivity index (χ1) is 11.4. The summed E-state index contributed by atoms with van der Waals surface area (Å²) in [5, 5.41) is 6.06. The van der Waals surface area contributed by atoms with Gasteiger partial charge in [0.1, 0.15) is 5.60 Å². The Hall–Kier alpha value is -1.64. The van der Waals surface area contributed by atoms with E-state index in [0.29, 0.717) is 30.6 Å². The van der Waals surface area contributed by atoms with Crippen LogP contribution in [0.5, 0.6) is 0 Å². The highest BCUT2D eigenvalue weighted by Gasteiger charge is 2.39.